The minimum Gasteiger partial charge on any atom is -0.449 e. The van der Waals surface area contributed by atoms with Crippen LogP contribution in [0.2, 0.25) is 0 Å². The van der Waals surface area contributed by atoms with Crippen LogP contribution in [0.1, 0.15) is 32.3 Å². The Labute approximate surface area is 119 Å². The Bertz CT molecular complexity index is 455. The highest BCUT2D eigenvalue weighted by Gasteiger charge is 2.13. The van der Waals surface area contributed by atoms with E-state index in [-0.39, 0.29) is 11.8 Å². The Morgan fingerprint density at radius 1 is 1.15 bits per heavy atom. The Hall–Kier alpha value is -2.04. The van der Waals surface area contributed by atoms with Crippen molar-refractivity contribution in [2.75, 3.05) is 19.0 Å². The van der Waals surface area contributed by atoms with Gasteiger partial charge >= 0.3 is 6.09 Å². The maximum atomic E-state index is 11.5. The fourth-order valence-corrected chi connectivity index (χ4v) is 1.62. The molecule has 0 saturated carbocycles. The number of rotatable bonds is 5. The van der Waals surface area contributed by atoms with Crippen molar-refractivity contribution in [1.29, 1.82) is 0 Å². The Kier molecular flexibility index (Phi) is 6.03. The smallest absolute Gasteiger partial charge is 0.411 e. The van der Waals surface area contributed by atoms with E-state index in [0.717, 1.165) is 5.56 Å². The molecule has 2 N–H and O–H groups in total. The molecule has 110 valence electrons. The lowest BCUT2D eigenvalue weighted by molar-refractivity contribution is -0.121. The average Bonchev–Trinajstić information content (AvgIpc) is 2.44. The summed E-state index contributed by atoms with van der Waals surface area (Å²) >= 11 is 0. The van der Waals surface area contributed by atoms with Gasteiger partial charge in [-0.1, -0.05) is 26.0 Å². The molecule has 0 aromatic heterocycles. The van der Waals surface area contributed by atoms with E-state index in [1.54, 1.807) is 19.2 Å². The molecule has 0 bridgehead atoms. The van der Waals surface area contributed by atoms with Gasteiger partial charge in [-0.05, 0) is 30.5 Å². The van der Waals surface area contributed by atoms with Gasteiger partial charge < -0.3 is 10.1 Å². The van der Waals surface area contributed by atoms with Crippen molar-refractivity contribution in [3.8, 4) is 0 Å². The van der Waals surface area contributed by atoms with Crippen LogP contribution in [0.4, 0.5) is 10.5 Å². The summed E-state index contributed by atoms with van der Waals surface area (Å²) in [4.78, 5) is 23.0. The number of hydrogen-bond acceptors (Lipinski definition) is 3. The van der Waals surface area contributed by atoms with Crippen LogP contribution < -0.4 is 10.6 Å². The van der Waals surface area contributed by atoms with Gasteiger partial charge in [-0.3, -0.25) is 10.1 Å². The van der Waals surface area contributed by atoms with Crippen molar-refractivity contribution >= 4 is 17.7 Å². The summed E-state index contributed by atoms with van der Waals surface area (Å²) in [6, 6.07) is 7.15. The minimum absolute atomic E-state index is 0.0398. The van der Waals surface area contributed by atoms with Crippen molar-refractivity contribution in [1.82, 2.24) is 5.32 Å². The van der Waals surface area contributed by atoms with Crippen molar-refractivity contribution in [3.05, 3.63) is 29.8 Å². The first-order valence-corrected chi connectivity index (χ1v) is 6.69. The van der Waals surface area contributed by atoms with Gasteiger partial charge in [-0.25, -0.2) is 4.79 Å². The van der Waals surface area contributed by atoms with Gasteiger partial charge in [0.15, 0.2) is 0 Å². The molecule has 5 heteroatoms. The first-order chi connectivity index (χ1) is 9.43. The van der Waals surface area contributed by atoms with Crippen LogP contribution in [0, 0.1) is 5.92 Å². The predicted octanol–water partition coefficient (Wildman–Crippen LogP) is 2.74. The molecule has 20 heavy (non-hydrogen) atoms. The highest BCUT2D eigenvalue weighted by molar-refractivity contribution is 5.85. The van der Waals surface area contributed by atoms with E-state index in [1.807, 2.05) is 32.9 Å². The number of ether oxygens (including phenoxy) is 1. The van der Waals surface area contributed by atoms with E-state index >= 15 is 0 Å². The molecule has 5 nitrogen and oxygen atoms in total. The number of carbonyl (C=O) groups is 2. The quantitative estimate of drug-likeness (QED) is 0.870. The lowest BCUT2D eigenvalue weighted by Crippen LogP contribution is -2.23. The van der Waals surface area contributed by atoms with Crippen LogP contribution in [0.3, 0.4) is 0 Å². The number of benzene rings is 1. The van der Waals surface area contributed by atoms with Gasteiger partial charge in [-0.2, -0.15) is 0 Å². The summed E-state index contributed by atoms with van der Waals surface area (Å²) in [5.74, 6) is 0.0422. The molecule has 1 aromatic carbocycles. The molecule has 0 aliphatic rings. The number of anilines is 1. The number of nitrogens with one attached hydrogen (secondary N) is 2. The Morgan fingerprint density at radius 2 is 1.75 bits per heavy atom. The molecule has 1 atom stereocenters. The zero-order chi connectivity index (χ0) is 15.1. The molecule has 0 aliphatic heterocycles. The molecular formula is C15H22N2O3. The zero-order valence-electron chi connectivity index (χ0n) is 12.4. The van der Waals surface area contributed by atoms with Gasteiger partial charge in [0.05, 0.1) is 12.5 Å². The standard InChI is InChI=1S/C15H22N2O3/c1-10(2)9-20-15(19)17-13-7-5-12(6-8-13)11(3)14(18)16-4/h5-8,10-11H,9H2,1-4H3,(H,16,18)(H,17,19). The lowest BCUT2D eigenvalue weighted by Gasteiger charge is -2.12. The summed E-state index contributed by atoms with van der Waals surface area (Å²) in [5, 5.41) is 5.25. The third kappa shape index (κ3) is 4.91. The summed E-state index contributed by atoms with van der Waals surface area (Å²) < 4.78 is 5.03. The maximum Gasteiger partial charge on any atom is 0.411 e. The molecule has 0 heterocycles. The van der Waals surface area contributed by atoms with E-state index in [9.17, 15) is 9.59 Å². The van der Waals surface area contributed by atoms with Crippen LogP contribution in [-0.4, -0.2) is 25.7 Å². The van der Waals surface area contributed by atoms with Crippen LogP contribution in [-0.2, 0) is 9.53 Å². The number of hydrogen-bond donors (Lipinski definition) is 2. The molecule has 1 rings (SSSR count). The Morgan fingerprint density at radius 3 is 2.25 bits per heavy atom. The van der Waals surface area contributed by atoms with Crippen molar-refractivity contribution in [2.45, 2.75) is 26.7 Å². The molecule has 0 spiro atoms. The van der Waals surface area contributed by atoms with Crippen LogP contribution in [0.25, 0.3) is 0 Å². The van der Waals surface area contributed by atoms with Crippen LogP contribution in [0.5, 0.6) is 0 Å². The van der Waals surface area contributed by atoms with E-state index in [4.69, 9.17) is 4.74 Å². The van der Waals surface area contributed by atoms with E-state index < -0.39 is 6.09 Å². The zero-order valence-corrected chi connectivity index (χ0v) is 12.4. The third-order valence-electron chi connectivity index (χ3n) is 2.84. The number of carbonyl (C=O) groups excluding carboxylic acids is 2. The van der Waals surface area contributed by atoms with Gasteiger partial charge in [0.2, 0.25) is 5.91 Å². The Balaban J connectivity index is 2.58. The summed E-state index contributed by atoms with van der Waals surface area (Å²) in [5.41, 5.74) is 1.54. The normalized spacial score (nSPS) is 11.8. The van der Waals surface area contributed by atoms with Gasteiger partial charge in [0, 0.05) is 12.7 Å². The lowest BCUT2D eigenvalue weighted by atomic mass is 10.0. The van der Waals surface area contributed by atoms with Gasteiger partial charge in [-0.15, -0.1) is 0 Å². The second kappa shape index (κ2) is 7.53. The SMILES string of the molecule is CNC(=O)C(C)c1ccc(NC(=O)OCC(C)C)cc1. The predicted molar refractivity (Wildman–Crippen MR) is 78.7 cm³/mol. The fraction of sp³-hybridized carbons (Fsp3) is 0.467. The summed E-state index contributed by atoms with van der Waals surface area (Å²) in [6.07, 6.45) is -0.467. The molecular weight excluding hydrogens is 256 g/mol. The molecule has 2 amide bonds. The molecule has 0 aliphatic carbocycles. The highest BCUT2D eigenvalue weighted by atomic mass is 16.5. The number of likely N-dealkylation sites (N-methyl/N-ethyl adjacent to an activating group) is 1. The molecule has 1 unspecified atom stereocenters. The van der Waals surface area contributed by atoms with Gasteiger partial charge in [0.25, 0.3) is 0 Å². The first-order valence-electron chi connectivity index (χ1n) is 6.69. The van der Waals surface area contributed by atoms with Crippen molar-refractivity contribution < 1.29 is 14.3 Å². The molecule has 0 radical (unpaired) electrons. The van der Waals surface area contributed by atoms with Crippen molar-refractivity contribution in [2.24, 2.45) is 5.92 Å². The van der Waals surface area contributed by atoms with E-state index in [0.29, 0.717) is 18.2 Å². The largest absolute Gasteiger partial charge is 0.449 e. The minimum atomic E-state index is -0.467. The van der Waals surface area contributed by atoms with E-state index in [2.05, 4.69) is 10.6 Å². The summed E-state index contributed by atoms with van der Waals surface area (Å²) in [6.45, 7) is 6.17. The van der Waals surface area contributed by atoms with Gasteiger partial charge in [0.1, 0.15) is 0 Å². The molecule has 0 saturated heterocycles. The fourth-order valence-electron chi connectivity index (χ4n) is 1.62. The second-order valence-electron chi connectivity index (χ2n) is 5.08. The highest BCUT2D eigenvalue weighted by Crippen LogP contribution is 2.18. The number of amides is 2. The topological polar surface area (TPSA) is 67.4 Å². The van der Waals surface area contributed by atoms with Crippen LogP contribution >= 0.6 is 0 Å². The third-order valence-corrected chi connectivity index (χ3v) is 2.84. The second-order valence-corrected chi connectivity index (χ2v) is 5.08. The average molecular weight is 278 g/mol. The van der Waals surface area contributed by atoms with Crippen LogP contribution in [0.15, 0.2) is 24.3 Å². The maximum absolute atomic E-state index is 11.5. The van der Waals surface area contributed by atoms with Crippen molar-refractivity contribution in [3.63, 3.8) is 0 Å². The summed E-state index contributed by atoms with van der Waals surface area (Å²) in [7, 11) is 1.61. The monoisotopic (exact) mass is 278 g/mol. The molecule has 1 aromatic rings. The first kappa shape index (κ1) is 16.0. The molecule has 0 fully saturated rings. The van der Waals surface area contributed by atoms with E-state index in [1.165, 1.54) is 0 Å².